The zero-order valence-electron chi connectivity index (χ0n) is 16.2. The van der Waals surface area contributed by atoms with Crippen LogP contribution in [0.4, 0.5) is 5.69 Å². The highest BCUT2D eigenvalue weighted by Gasteiger charge is 2.35. The quantitative estimate of drug-likeness (QED) is 0.808. The lowest BCUT2D eigenvalue weighted by Crippen LogP contribution is -2.44. The number of benzene rings is 2. The van der Waals surface area contributed by atoms with Gasteiger partial charge in [0.25, 0.3) is 5.91 Å². The van der Waals surface area contributed by atoms with Gasteiger partial charge in [-0.3, -0.25) is 9.59 Å². The fraction of sp³-hybridized carbons (Fsp3) is 0.273. The molecule has 0 aromatic heterocycles. The maximum atomic E-state index is 13.0. The van der Waals surface area contributed by atoms with Crippen molar-refractivity contribution in [3.63, 3.8) is 0 Å². The van der Waals surface area contributed by atoms with Crippen LogP contribution < -0.4 is 20.1 Å². The molecule has 146 valence electrons. The summed E-state index contributed by atoms with van der Waals surface area (Å²) in [6, 6.07) is 12.7. The second-order valence-electron chi connectivity index (χ2n) is 6.79. The van der Waals surface area contributed by atoms with Crippen molar-refractivity contribution < 1.29 is 19.1 Å². The second-order valence-corrected chi connectivity index (χ2v) is 6.79. The number of fused-ring (bicyclic) bond motifs is 1. The highest BCUT2D eigenvalue weighted by Crippen LogP contribution is 2.38. The van der Waals surface area contributed by atoms with Crippen molar-refractivity contribution in [1.82, 2.24) is 0 Å². The van der Waals surface area contributed by atoms with E-state index in [0.29, 0.717) is 17.9 Å². The number of rotatable bonds is 5. The third kappa shape index (κ3) is 3.86. The summed E-state index contributed by atoms with van der Waals surface area (Å²) in [7, 11) is 3.16. The van der Waals surface area contributed by atoms with Gasteiger partial charge in [0.05, 0.1) is 20.1 Å². The van der Waals surface area contributed by atoms with Crippen molar-refractivity contribution in [3.05, 3.63) is 59.7 Å². The predicted octanol–water partition coefficient (Wildman–Crippen LogP) is 3.11. The maximum absolute atomic E-state index is 13.0. The monoisotopic (exact) mass is 380 g/mol. The average molecular weight is 380 g/mol. The largest absolute Gasteiger partial charge is 0.497 e. The van der Waals surface area contributed by atoms with Gasteiger partial charge in [-0.1, -0.05) is 18.2 Å². The van der Waals surface area contributed by atoms with E-state index in [1.165, 1.54) is 6.08 Å². The van der Waals surface area contributed by atoms with Gasteiger partial charge >= 0.3 is 0 Å². The number of hydrogen-bond donors (Lipinski definition) is 1. The lowest BCUT2D eigenvalue weighted by atomic mass is 9.85. The molecule has 0 saturated carbocycles. The van der Waals surface area contributed by atoms with Crippen molar-refractivity contribution in [2.75, 3.05) is 19.1 Å². The van der Waals surface area contributed by atoms with Crippen LogP contribution in [0.5, 0.6) is 11.5 Å². The van der Waals surface area contributed by atoms with E-state index in [9.17, 15) is 9.59 Å². The molecule has 2 aromatic rings. The van der Waals surface area contributed by atoms with Gasteiger partial charge in [-0.15, -0.1) is 0 Å². The third-order valence-corrected chi connectivity index (χ3v) is 4.96. The Kier molecular flexibility index (Phi) is 5.68. The second kappa shape index (κ2) is 8.17. The number of carbonyl (C=O) groups is 2. The van der Waals surface area contributed by atoms with E-state index in [2.05, 4.69) is 0 Å². The molecule has 6 nitrogen and oxygen atoms in total. The van der Waals surface area contributed by atoms with Crippen LogP contribution >= 0.6 is 0 Å². The molecule has 3 rings (SSSR count). The first-order valence-electron chi connectivity index (χ1n) is 9.07. The van der Waals surface area contributed by atoms with E-state index in [1.807, 2.05) is 43.3 Å². The Morgan fingerprint density at radius 3 is 2.36 bits per heavy atom. The molecule has 28 heavy (non-hydrogen) atoms. The van der Waals surface area contributed by atoms with Gasteiger partial charge in [-0.25, -0.2) is 0 Å². The van der Waals surface area contributed by atoms with Gasteiger partial charge in [0.2, 0.25) is 5.91 Å². The Hall–Kier alpha value is -3.28. The highest BCUT2D eigenvalue weighted by molar-refractivity contribution is 6.06. The Morgan fingerprint density at radius 1 is 1.11 bits per heavy atom. The summed E-state index contributed by atoms with van der Waals surface area (Å²) in [5.74, 6) is 0.372. The summed E-state index contributed by atoms with van der Waals surface area (Å²) in [5, 5.41) is 0. The topological polar surface area (TPSA) is 81.9 Å². The van der Waals surface area contributed by atoms with Crippen LogP contribution in [0.1, 0.15) is 30.4 Å². The molecular weight excluding hydrogens is 356 g/mol. The maximum Gasteiger partial charge on any atom is 0.251 e. The minimum absolute atomic E-state index is 0.149. The molecule has 2 atom stereocenters. The van der Waals surface area contributed by atoms with Gasteiger partial charge in [0.15, 0.2) is 0 Å². The molecule has 2 aromatic carbocycles. The molecule has 0 spiro atoms. The van der Waals surface area contributed by atoms with Crippen molar-refractivity contribution in [3.8, 4) is 11.5 Å². The summed E-state index contributed by atoms with van der Waals surface area (Å²) < 4.78 is 10.5. The van der Waals surface area contributed by atoms with Crippen LogP contribution in [0.15, 0.2) is 48.5 Å². The van der Waals surface area contributed by atoms with Crippen LogP contribution in [0, 0.1) is 0 Å². The first-order valence-corrected chi connectivity index (χ1v) is 9.07. The molecule has 6 heteroatoms. The molecule has 0 aliphatic carbocycles. The van der Waals surface area contributed by atoms with E-state index in [-0.39, 0.29) is 23.8 Å². The first kappa shape index (κ1) is 19.5. The number of primary amides is 1. The molecule has 0 fully saturated rings. The summed E-state index contributed by atoms with van der Waals surface area (Å²) in [6.07, 6.45) is 3.74. The molecule has 1 aliphatic rings. The molecule has 0 unspecified atom stereocenters. The SMILES string of the molecule is COc1cc(/C=C/C(=O)N2c3ccccc3[C@@H](C(N)=O)C[C@@H]2C)cc(OC)c1. The van der Waals surface area contributed by atoms with Crippen LogP contribution in [0.2, 0.25) is 0 Å². The van der Waals surface area contributed by atoms with Crippen molar-refractivity contribution >= 4 is 23.6 Å². The molecule has 0 saturated heterocycles. The number of nitrogens with zero attached hydrogens (tertiary/aromatic N) is 1. The van der Waals surface area contributed by atoms with Gasteiger partial charge in [0.1, 0.15) is 11.5 Å². The summed E-state index contributed by atoms with van der Waals surface area (Å²) in [6.45, 7) is 1.92. The zero-order valence-corrected chi connectivity index (χ0v) is 16.2. The van der Waals surface area contributed by atoms with E-state index < -0.39 is 0 Å². The molecule has 0 bridgehead atoms. The van der Waals surface area contributed by atoms with Crippen molar-refractivity contribution in [2.24, 2.45) is 5.73 Å². The summed E-state index contributed by atoms with van der Waals surface area (Å²) >= 11 is 0. The minimum atomic E-state index is -0.387. The number of hydrogen-bond acceptors (Lipinski definition) is 4. The zero-order chi connectivity index (χ0) is 20.3. The lowest BCUT2D eigenvalue weighted by molar-refractivity contribution is -0.120. The number of amides is 2. The van der Waals surface area contributed by atoms with Gasteiger partial charge in [0, 0.05) is 23.9 Å². The van der Waals surface area contributed by atoms with Crippen molar-refractivity contribution in [2.45, 2.75) is 25.3 Å². The molecule has 1 heterocycles. The third-order valence-electron chi connectivity index (χ3n) is 4.96. The first-order chi connectivity index (χ1) is 13.4. The normalized spacial score (nSPS) is 18.6. The van der Waals surface area contributed by atoms with Crippen LogP contribution in [-0.2, 0) is 9.59 Å². The molecule has 2 N–H and O–H groups in total. The standard InChI is InChI=1S/C22H24N2O4/c1-14-10-19(22(23)26)18-6-4-5-7-20(18)24(14)21(25)9-8-15-11-16(27-2)13-17(12-15)28-3/h4-9,11-14,19H,10H2,1-3H3,(H2,23,26)/b9-8+/t14-,19-/m0/s1. The minimum Gasteiger partial charge on any atom is -0.497 e. The van der Waals surface area contributed by atoms with Crippen LogP contribution in [0.3, 0.4) is 0 Å². The van der Waals surface area contributed by atoms with E-state index >= 15 is 0 Å². The van der Waals surface area contributed by atoms with E-state index in [4.69, 9.17) is 15.2 Å². The number of anilines is 1. The van der Waals surface area contributed by atoms with Gasteiger partial charge in [-0.2, -0.15) is 0 Å². The Balaban J connectivity index is 1.91. The Bertz CT molecular complexity index is 900. The number of para-hydroxylation sites is 1. The van der Waals surface area contributed by atoms with E-state index in [1.54, 1.807) is 31.3 Å². The number of nitrogens with two attached hydrogens (primary N) is 1. The molecule has 0 radical (unpaired) electrons. The number of ether oxygens (including phenoxy) is 2. The Morgan fingerprint density at radius 2 is 1.75 bits per heavy atom. The fourth-order valence-electron chi connectivity index (χ4n) is 3.59. The average Bonchev–Trinajstić information content (AvgIpc) is 2.70. The Labute approximate surface area is 164 Å². The highest BCUT2D eigenvalue weighted by atomic mass is 16.5. The lowest BCUT2D eigenvalue weighted by Gasteiger charge is -2.37. The molecule has 2 amide bonds. The van der Waals surface area contributed by atoms with Gasteiger partial charge < -0.3 is 20.1 Å². The number of methoxy groups -OCH3 is 2. The van der Waals surface area contributed by atoms with Gasteiger partial charge in [-0.05, 0) is 48.7 Å². The number of carbonyl (C=O) groups excluding carboxylic acids is 2. The fourth-order valence-corrected chi connectivity index (χ4v) is 3.59. The predicted molar refractivity (Wildman–Crippen MR) is 109 cm³/mol. The molecular formula is C22H24N2O4. The smallest absolute Gasteiger partial charge is 0.251 e. The summed E-state index contributed by atoms with van der Waals surface area (Å²) in [4.78, 5) is 26.6. The van der Waals surface area contributed by atoms with E-state index in [0.717, 1.165) is 16.8 Å². The van der Waals surface area contributed by atoms with Crippen LogP contribution in [0.25, 0.3) is 6.08 Å². The summed E-state index contributed by atoms with van der Waals surface area (Å²) in [5.41, 5.74) is 7.88. The van der Waals surface area contributed by atoms with Crippen molar-refractivity contribution in [1.29, 1.82) is 0 Å². The molecule has 1 aliphatic heterocycles. The van der Waals surface area contributed by atoms with Crippen LogP contribution in [-0.4, -0.2) is 32.1 Å².